The first-order valence-electron chi connectivity index (χ1n) is 9.98. The van der Waals surface area contributed by atoms with Gasteiger partial charge >= 0.3 is 0 Å². The zero-order valence-corrected chi connectivity index (χ0v) is 18.8. The summed E-state index contributed by atoms with van der Waals surface area (Å²) in [5.74, 6) is 0.235. The summed E-state index contributed by atoms with van der Waals surface area (Å²) in [5, 5.41) is -0.444. The smallest absolute Gasteiger partial charge is 0.229 e. The van der Waals surface area contributed by atoms with Crippen LogP contribution >= 0.6 is 0 Å². The molecular formula is C22H29NO4S2. The van der Waals surface area contributed by atoms with Gasteiger partial charge in [0.05, 0.1) is 15.9 Å². The number of rotatable bonds is 6. The molecule has 2 aromatic rings. The van der Waals surface area contributed by atoms with Crippen LogP contribution in [0.2, 0.25) is 0 Å². The number of sulfonamides is 1. The zero-order chi connectivity index (χ0) is 21.2. The Hall–Kier alpha value is -1.70. The maximum absolute atomic E-state index is 13.0. The van der Waals surface area contributed by atoms with Gasteiger partial charge in [-0.05, 0) is 48.9 Å². The molecule has 1 saturated heterocycles. The SMILES string of the molecule is Cc1ccc(-c2ccc(S(=O)(=O)N3CCC(S(=O)(=O)CC(C)C)CC3)cc2)cc1. The van der Waals surface area contributed by atoms with Crippen LogP contribution in [-0.2, 0) is 19.9 Å². The van der Waals surface area contributed by atoms with Gasteiger partial charge in [-0.3, -0.25) is 0 Å². The van der Waals surface area contributed by atoms with Crippen LogP contribution < -0.4 is 0 Å². The number of piperidine rings is 1. The first-order chi connectivity index (χ1) is 13.6. The molecule has 5 nitrogen and oxygen atoms in total. The van der Waals surface area contributed by atoms with Gasteiger partial charge in [0.2, 0.25) is 10.0 Å². The van der Waals surface area contributed by atoms with Crippen LogP contribution in [0.5, 0.6) is 0 Å². The summed E-state index contributed by atoms with van der Waals surface area (Å²) < 4.78 is 52.3. The van der Waals surface area contributed by atoms with Crippen LogP contribution in [0, 0.1) is 12.8 Å². The minimum absolute atomic E-state index is 0.0776. The first-order valence-corrected chi connectivity index (χ1v) is 13.1. The van der Waals surface area contributed by atoms with Gasteiger partial charge in [-0.25, -0.2) is 16.8 Å². The fourth-order valence-electron chi connectivity index (χ4n) is 3.75. The van der Waals surface area contributed by atoms with Gasteiger partial charge in [0.15, 0.2) is 9.84 Å². The van der Waals surface area contributed by atoms with Crippen LogP contribution in [0.15, 0.2) is 53.4 Å². The summed E-state index contributed by atoms with van der Waals surface area (Å²) in [7, 11) is -6.80. The van der Waals surface area contributed by atoms with Gasteiger partial charge in [0, 0.05) is 13.1 Å². The average molecular weight is 436 g/mol. The molecule has 0 atom stereocenters. The number of nitrogens with zero attached hydrogens (tertiary/aromatic N) is 1. The molecule has 0 bridgehead atoms. The van der Waals surface area contributed by atoms with E-state index in [1.807, 2.05) is 57.2 Å². The number of aryl methyl sites for hydroxylation is 1. The highest BCUT2D eigenvalue weighted by Gasteiger charge is 2.35. The van der Waals surface area contributed by atoms with Gasteiger partial charge in [-0.15, -0.1) is 0 Å². The number of sulfone groups is 1. The van der Waals surface area contributed by atoms with E-state index in [1.54, 1.807) is 12.1 Å². The Labute approximate surface area is 174 Å². The van der Waals surface area contributed by atoms with Crippen molar-refractivity contribution < 1.29 is 16.8 Å². The summed E-state index contributed by atoms with van der Waals surface area (Å²) in [6, 6.07) is 15.0. The van der Waals surface area contributed by atoms with Crippen LogP contribution in [0.3, 0.4) is 0 Å². The van der Waals surface area contributed by atoms with E-state index in [9.17, 15) is 16.8 Å². The average Bonchev–Trinajstić information content (AvgIpc) is 2.68. The molecule has 0 radical (unpaired) electrons. The van der Waals surface area contributed by atoms with E-state index < -0.39 is 25.1 Å². The van der Waals surface area contributed by atoms with E-state index in [-0.39, 0.29) is 29.7 Å². The molecule has 0 spiro atoms. The summed E-state index contributed by atoms with van der Waals surface area (Å²) in [4.78, 5) is 0.247. The van der Waals surface area contributed by atoms with E-state index in [0.717, 1.165) is 11.1 Å². The van der Waals surface area contributed by atoms with Crippen LogP contribution in [0.25, 0.3) is 11.1 Å². The van der Waals surface area contributed by atoms with E-state index in [1.165, 1.54) is 9.87 Å². The van der Waals surface area contributed by atoms with Crippen molar-refractivity contribution >= 4 is 19.9 Å². The molecule has 2 aromatic carbocycles. The van der Waals surface area contributed by atoms with Gasteiger partial charge < -0.3 is 0 Å². The summed E-state index contributed by atoms with van der Waals surface area (Å²) in [6.45, 7) is 6.28. The molecule has 1 aliphatic heterocycles. The lowest BCUT2D eigenvalue weighted by Crippen LogP contribution is -2.43. The number of hydrogen-bond acceptors (Lipinski definition) is 4. The normalized spacial score (nSPS) is 17.0. The molecule has 1 fully saturated rings. The van der Waals surface area contributed by atoms with Gasteiger partial charge in [0.1, 0.15) is 0 Å². The van der Waals surface area contributed by atoms with Crippen molar-refractivity contribution in [3.05, 3.63) is 54.1 Å². The molecule has 7 heteroatoms. The second-order valence-electron chi connectivity index (χ2n) is 8.22. The molecule has 29 heavy (non-hydrogen) atoms. The maximum atomic E-state index is 13.0. The lowest BCUT2D eigenvalue weighted by atomic mass is 10.0. The lowest BCUT2D eigenvalue weighted by Gasteiger charge is -2.31. The third kappa shape index (κ3) is 5.08. The minimum Gasteiger partial charge on any atom is -0.229 e. The standard InChI is InChI=1S/C22H29NO4S2/c1-17(2)16-28(24,25)21-12-14-23(15-13-21)29(26,27)22-10-8-20(9-11-22)19-6-4-18(3)5-7-19/h4-11,17,21H,12-16H2,1-3H3. The van der Waals surface area contributed by atoms with Crippen molar-refractivity contribution in [3.8, 4) is 11.1 Å². The van der Waals surface area contributed by atoms with Crippen LogP contribution in [0.1, 0.15) is 32.3 Å². The second kappa shape index (κ2) is 8.58. The Balaban J connectivity index is 1.71. The minimum atomic E-state index is -3.62. The van der Waals surface area contributed by atoms with Crippen molar-refractivity contribution in [3.63, 3.8) is 0 Å². The molecular weight excluding hydrogens is 406 g/mol. The Kier molecular flexibility index (Phi) is 6.51. The zero-order valence-electron chi connectivity index (χ0n) is 17.2. The Bertz CT molecular complexity index is 1030. The highest BCUT2D eigenvalue weighted by molar-refractivity contribution is 7.92. The molecule has 1 aliphatic rings. The third-order valence-corrected chi connectivity index (χ3v) is 9.88. The third-order valence-electron chi connectivity index (χ3n) is 5.35. The largest absolute Gasteiger partial charge is 0.243 e. The molecule has 3 rings (SSSR count). The quantitative estimate of drug-likeness (QED) is 0.690. The Morgan fingerprint density at radius 2 is 1.34 bits per heavy atom. The molecule has 158 valence electrons. The summed E-state index contributed by atoms with van der Waals surface area (Å²) >= 11 is 0. The maximum Gasteiger partial charge on any atom is 0.243 e. The highest BCUT2D eigenvalue weighted by atomic mass is 32.2. The van der Waals surface area contributed by atoms with Crippen LogP contribution in [-0.4, -0.2) is 45.2 Å². The van der Waals surface area contributed by atoms with Crippen molar-refractivity contribution in [1.29, 1.82) is 0 Å². The monoisotopic (exact) mass is 435 g/mol. The van der Waals surface area contributed by atoms with E-state index in [0.29, 0.717) is 12.8 Å². The van der Waals surface area contributed by atoms with Crippen molar-refractivity contribution in [2.75, 3.05) is 18.8 Å². The highest BCUT2D eigenvalue weighted by Crippen LogP contribution is 2.27. The fourth-order valence-corrected chi connectivity index (χ4v) is 7.35. The molecule has 0 N–H and O–H groups in total. The predicted octanol–water partition coefficient (Wildman–Crippen LogP) is 3.89. The van der Waals surface area contributed by atoms with Crippen molar-refractivity contribution in [2.45, 2.75) is 43.8 Å². The molecule has 0 saturated carbocycles. The van der Waals surface area contributed by atoms with Gasteiger partial charge in [-0.1, -0.05) is 55.8 Å². The first kappa shape index (κ1) is 22.0. The molecule has 1 heterocycles. The predicted molar refractivity (Wildman–Crippen MR) is 117 cm³/mol. The van der Waals surface area contributed by atoms with E-state index in [4.69, 9.17) is 0 Å². The van der Waals surface area contributed by atoms with Gasteiger partial charge in [0.25, 0.3) is 0 Å². The van der Waals surface area contributed by atoms with Crippen LogP contribution in [0.4, 0.5) is 0 Å². The summed E-state index contributed by atoms with van der Waals surface area (Å²) in [5.41, 5.74) is 3.17. The fraction of sp³-hybridized carbons (Fsp3) is 0.455. The molecule has 0 unspecified atom stereocenters. The Morgan fingerprint density at radius 1 is 0.862 bits per heavy atom. The van der Waals surface area contributed by atoms with E-state index >= 15 is 0 Å². The van der Waals surface area contributed by atoms with E-state index in [2.05, 4.69) is 0 Å². The molecule has 0 aliphatic carbocycles. The number of hydrogen-bond donors (Lipinski definition) is 0. The number of benzene rings is 2. The Morgan fingerprint density at radius 3 is 1.83 bits per heavy atom. The molecule has 0 aromatic heterocycles. The summed E-state index contributed by atoms with van der Waals surface area (Å²) in [6.07, 6.45) is 0.714. The van der Waals surface area contributed by atoms with Crippen molar-refractivity contribution in [2.24, 2.45) is 5.92 Å². The second-order valence-corrected chi connectivity index (χ2v) is 12.5. The van der Waals surface area contributed by atoms with Gasteiger partial charge in [-0.2, -0.15) is 4.31 Å². The van der Waals surface area contributed by atoms with Crippen molar-refractivity contribution in [1.82, 2.24) is 4.31 Å². The lowest BCUT2D eigenvalue weighted by molar-refractivity contribution is 0.345. The topological polar surface area (TPSA) is 71.5 Å². The molecule has 0 amide bonds.